The van der Waals surface area contributed by atoms with E-state index in [9.17, 15) is 4.79 Å². The van der Waals surface area contributed by atoms with Gasteiger partial charge in [0.05, 0.1) is 0 Å². The first kappa shape index (κ1) is 10.7. The van der Waals surface area contributed by atoms with E-state index in [1.165, 1.54) is 43.4 Å². The van der Waals surface area contributed by atoms with Gasteiger partial charge in [-0.25, -0.2) is 4.79 Å². The first-order chi connectivity index (χ1) is 7.27. The molecule has 1 aromatic heterocycles. The summed E-state index contributed by atoms with van der Waals surface area (Å²) in [5.74, 6) is -0.0535. The Morgan fingerprint density at radius 2 is 2.13 bits per heavy atom. The van der Waals surface area contributed by atoms with Gasteiger partial charge in [0.25, 0.3) is 0 Å². The van der Waals surface area contributed by atoms with Gasteiger partial charge >= 0.3 is 5.97 Å². The van der Waals surface area contributed by atoms with E-state index in [0.29, 0.717) is 10.8 Å². The maximum Gasteiger partial charge on any atom is 0.346 e. The molecule has 0 aliphatic heterocycles. The molecule has 1 aromatic rings. The van der Waals surface area contributed by atoms with Gasteiger partial charge < -0.3 is 5.11 Å². The SMILES string of the molecule is O=C(O)c1sccc1CC1CCCCC1. The number of hydrogen-bond acceptors (Lipinski definition) is 2. The Morgan fingerprint density at radius 3 is 2.80 bits per heavy atom. The number of thiophene rings is 1. The van der Waals surface area contributed by atoms with Crippen molar-refractivity contribution >= 4 is 17.3 Å². The molecule has 0 radical (unpaired) electrons. The van der Waals surface area contributed by atoms with Crippen molar-refractivity contribution in [3.05, 3.63) is 21.9 Å². The van der Waals surface area contributed by atoms with Crippen LogP contribution in [0.1, 0.15) is 47.3 Å². The number of carbonyl (C=O) groups is 1. The van der Waals surface area contributed by atoms with E-state index in [4.69, 9.17) is 5.11 Å². The maximum absolute atomic E-state index is 10.9. The van der Waals surface area contributed by atoms with E-state index in [-0.39, 0.29) is 0 Å². The second-order valence-corrected chi connectivity index (χ2v) is 5.20. The minimum Gasteiger partial charge on any atom is -0.477 e. The molecule has 0 amide bonds. The van der Waals surface area contributed by atoms with Crippen LogP contribution < -0.4 is 0 Å². The summed E-state index contributed by atoms with van der Waals surface area (Å²) < 4.78 is 0. The highest BCUT2D eigenvalue weighted by atomic mass is 32.1. The van der Waals surface area contributed by atoms with Crippen LogP contribution in [0.15, 0.2) is 11.4 Å². The second kappa shape index (κ2) is 4.79. The first-order valence-electron chi connectivity index (χ1n) is 5.57. The summed E-state index contributed by atoms with van der Waals surface area (Å²) in [7, 11) is 0. The number of hydrogen-bond donors (Lipinski definition) is 1. The Kier molecular flexibility index (Phi) is 3.41. The third kappa shape index (κ3) is 2.59. The highest BCUT2D eigenvalue weighted by Gasteiger charge is 2.18. The fraction of sp³-hybridized carbons (Fsp3) is 0.583. The molecular weight excluding hydrogens is 208 g/mol. The van der Waals surface area contributed by atoms with Crippen LogP contribution in [0.3, 0.4) is 0 Å². The Labute approximate surface area is 93.9 Å². The van der Waals surface area contributed by atoms with Crippen molar-refractivity contribution in [1.82, 2.24) is 0 Å². The fourth-order valence-electron chi connectivity index (χ4n) is 2.39. The van der Waals surface area contributed by atoms with Gasteiger partial charge in [-0.2, -0.15) is 0 Å². The van der Waals surface area contributed by atoms with Gasteiger partial charge in [-0.05, 0) is 29.3 Å². The van der Waals surface area contributed by atoms with Crippen LogP contribution in [-0.4, -0.2) is 11.1 Å². The molecule has 0 unspecified atom stereocenters. The summed E-state index contributed by atoms with van der Waals surface area (Å²) in [6.07, 6.45) is 7.50. The average molecular weight is 224 g/mol. The topological polar surface area (TPSA) is 37.3 Å². The number of aromatic carboxylic acids is 1. The van der Waals surface area contributed by atoms with Gasteiger partial charge in [-0.3, -0.25) is 0 Å². The molecular formula is C12H16O2S. The summed E-state index contributed by atoms with van der Waals surface area (Å²) in [5.41, 5.74) is 1.04. The standard InChI is InChI=1S/C12H16O2S/c13-12(14)11-10(6-7-15-11)8-9-4-2-1-3-5-9/h6-7,9H,1-5,8H2,(H,13,14). The molecule has 15 heavy (non-hydrogen) atoms. The molecule has 2 rings (SSSR count). The molecule has 0 saturated heterocycles. The molecule has 0 aromatic carbocycles. The molecule has 0 atom stereocenters. The summed E-state index contributed by atoms with van der Waals surface area (Å²) in [5, 5.41) is 10.9. The number of rotatable bonds is 3. The Bertz CT molecular complexity index is 337. The molecule has 1 N–H and O–H groups in total. The van der Waals surface area contributed by atoms with Gasteiger partial charge in [0, 0.05) is 0 Å². The maximum atomic E-state index is 10.9. The van der Waals surface area contributed by atoms with Crippen LogP contribution in [0, 0.1) is 5.92 Å². The predicted octanol–water partition coefficient (Wildman–Crippen LogP) is 3.57. The van der Waals surface area contributed by atoms with Gasteiger partial charge in [0.15, 0.2) is 0 Å². The van der Waals surface area contributed by atoms with Crippen molar-refractivity contribution in [2.24, 2.45) is 5.92 Å². The van der Waals surface area contributed by atoms with E-state index in [1.807, 2.05) is 11.4 Å². The van der Waals surface area contributed by atoms with Crippen molar-refractivity contribution in [2.45, 2.75) is 38.5 Å². The van der Waals surface area contributed by atoms with Gasteiger partial charge in [0.1, 0.15) is 4.88 Å². The number of carboxylic acid groups (broad SMARTS) is 1. The predicted molar refractivity (Wildman–Crippen MR) is 61.6 cm³/mol. The van der Waals surface area contributed by atoms with Crippen LogP contribution in [0.2, 0.25) is 0 Å². The Balaban J connectivity index is 2.03. The van der Waals surface area contributed by atoms with Crippen molar-refractivity contribution in [1.29, 1.82) is 0 Å². The molecule has 2 nitrogen and oxygen atoms in total. The zero-order chi connectivity index (χ0) is 10.7. The lowest BCUT2D eigenvalue weighted by molar-refractivity contribution is 0.0701. The van der Waals surface area contributed by atoms with Gasteiger partial charge in [-0.1, -0.05) is 32.1 Å². The zero-order valence-corrected chi connectivity index (χ0v) is 9.55. The Hall–Kier alpha value is -0.830. The highest BCUT2D eigenvalue weighted by Crippen LogP contribution is 2.29. The minimum absolute atomic E-state index is 0.542. The normalized spacial score (nSPS) is 17.9. The quantitative estimate of drug-likeness (QED) is 0.852. The third-order valence-electron chi connectivity index (χ3n) is 3.17. The third-order valence-corrected chi connectivity index (χ3v) is 4.12. The van der Waals surface area contributed by atoms with E-state index < -0.39 is 5.97 Å². The molecule has 1 heterocycles. The van der Waals surface area contributed by atoms with Crippen LogP contribution in [0.4, 0.5) is 0 Å². The molecule has 1 saturated carbocycles. The first-order valence-corrected chi connectivity index (χ1v) is 6.45. The molecule has 0 bridgehead atoms. The van der Waals surface area contributed by atoms with Crippen LogP contribution in [0.5, 0.6) is 0 Å². The fourth-order valence-corrected chi connectivity index (χ4v) is 3.16. The highest BCUT2D eigenvalue weighted by molar-refractivity contribution is 7.12. The van der Waals surface area contributed by atoms with Crippen LogP contribution >= 0.6 is 11.3 Å². The Morgan fingerprint density at radius 1 is 1.40 bits per heavy atom. The van der Waals surface area contributed by atoms with Crippen LogP contribution in [0.25, 0.3) is 0 Å². The lowest BCUT2D eigenvalue weighted by Crippen LogP contribution is -2.10. The lowest BCUT2D eigenvalue weighted by Gasteiger charge is -2.21. The van der Waals surface area contributed by atoms with Gasteiger partial charge in [0.2, 0.25) is 0 Å². The minimum atomic E-state index is -0.768. The molecule has 1 aliphatic carbocycles. The summed E-state index contributed by atoms with van der Waals surface area (Å²) >= 11 is 1.35. The van der Waals surface area contributed by atoms with Crippen molar-refractivity contribution < 1.29 is 9.90 Å². The summed E-state index contributed by atoms with van der Waals surface area (Å²) in [4.78, 5) is 11.5. The summed E-state index contributed by atoms with van der Waals surface area (Å²) in [6.45, 7) is 0. The number of carboxylic acids is 1. The van der Waals surface area contributed by atoms with E-state index in [2.05, 4.69) is 0 Å². The second-order valence-electron chi connectivity index (χ2n) is 4.29. The monoisotopic (exact) mass is 224 g/mol. The molecule has 1 aliphatic rings. The molecule has 82 valence electrons. The average Bonchev–Trinajstić information content (AvgIpc) is 2.67. The van der Waals surface area contributed by atoms with E-state index >= 15 is 0 Å². The largest absolute Gasteiger partial charge is 0.477 e. The summed E-state index contributed by atoms with van der Waals surface area (Å²) in [6, 6.07) is 1.97. The van der Waals surface area contributed by atoms with Gasteiger partial charge in [-0.15, -0.1) is 11.3 Å². The zero-order valence-electron chi connectivity index (χ0n) is 8.74. The molecule has 0 spiro atoms. The van der Waals surface area contributed by atoms with Crippen molar-refractivity contribution in [3.8, 4) is 0 Å². The van der Waals surface area contributed by atoms with Crippen LogP contribution in [-0.2, 0) is 6.42 Å². The van der Waals surface area contributed by atoms with Crippen molar-refractivity contribution in [2.75, 3.05) is 0 Å². The smallest absolute Gasteiger partial charge is 0.346 e. The van der Waals surface area contributed by atoms with E-state index in [1.54, 1.807) is 0 Å². The van der Waals surface area contributed by atoms with E-state index in [0.717, 1.165) is 12.0 Å². The lowest BCUT2D eigenvalue weighted by atomic mass is 9.85. The molecule has 1 fully saturated rings. The molecule has 3 heteroatoms. The van der Waals surface area contributed by atoms with Crippen molar-refractivity contribution in [3.63, 3.8) is 0 Å².